The fourth-order valence-corrected chi connectivity index (χ4v) is 3.35. The number of ether oxygens (including phenoxy) is 1. The lowest BCUT2D eigenvalue weighted by molar-refractivity contribution is -0.140. The van der Waals surface area contributed by atoms with Gasteiger partial charge in [-0.3, -0.25) is 9.59 Å². The smallest absolute Gasteiger partial charge is 0.316 e. The molecule has 1 fully saturated rings. The van der Waals surface area contributed by atoms with E-state index in [4.69, 9.17) is 9.15 Å². The van der Waals surface area contributed by atoms with Crippen LogP contribution in [0.25, 0.3) is 10.8 Å². The van der Waals surface area contributed by atoms with Crippen molar-refractivity contribution in [3.8, 4) is 5.75 Å². The Balaban J connectivity index is 1.44. The van der Waals surface area contributed by atoms with E-state index in [0.29, 0.717) is 24.4 Å². The molecule has 0 unspecified atom stereocenters. The van der Waals surface area contributed by atoms with Gasteiger partial charge in [0.1, 0.15) is 12.0 Å². The van der Waals surface area contributed by atoms with E-state index < -0.39 is 0 Å². The monoisotopic (exact) mass is 349 g/mol. The number of esters is 1. The maximum absolute atomic E-state index is 12.6. The first-order valence-electron chi connectivity index (χ1n) is 8.73. The van der Waals surface area contributed by atoms with Crippen molar-refractivity contribution in [2.75, 3.05) is 13.1 Å². The van der Waals surface area contributed by atoms with Crippen molar-refractivity contribution >= 4 is 22.6 Å². The van der Waals surface area contributed by atoms with Gasteiger partial charge in [0, 0.05) is 13.1 Å². The van der Waals surface area contributed by atoms with Crippen LogP contribution in [0.2, 0.25) is 0 Å². The number of carbonyl (C=O) groups is 2. The summed E-state index contributed by atoms with van der Waals surface area (Å²) in [6.07, 6.45) is 4.41. The first-order valence-corrected chi connectivity index (χ1v) is 8.73. The van der Waals surface area contributed by atoms with Gasteiger partial charge in [-0.2, -0.15) is 0 Å². The number of hydrogen-bond donors (Lipinski definition) is 0. The molecule has 4 rings (SSSR count). The second-order valence-electron chi connectivity index (χ2n) is 6.53. The predicted molar refractivity (Wildman–Crippen MR) is 96.9 cm³/mol. The SMILES string of the molecule is O=C(Oc1ccc2ccccc2c1)[C@@H]1CCCN(C(=O)c2ccoc2)C1. The number of likely N-dealkylation sites (tertiary alicyclic amines) is 1. The number of fused-ring (bicyclic) bond motifs is 1. The van der Waals surface area contributed by atoms with E-state index in [2.05, 4.69) is 0 Å². The molecule has 5 heteroatoms. The van der Waals surface area contributed by atoms with Crippen LogP contribution in [0.5, 0.6) is 5.75 Å². The number of amides is 1. The Morgan fingerprint density at radius 2 is 1.92 bits per heavy atom. The number of carbonyl (C=O) groups excluding carboxylic acids is 2. The number of furan rings is 1. The summed E-state index contributed by atoms with van der Waals surface area (Å²) in [6.45, 7) is 1.01. The number of nitrogens with zero attached hydrogens (tertiary/aromatic N) is 1. The first kappa shape index (κ1) is 16.4. The Bertz CT molecular complexity index is 932. The van der Waals surface area contributed by atoms with Crippen LogP contribution in [-0.2, 0) is 4.79 Å². The van der Waals surface area contributed by atoms with Gasteiger partial charge in [0.2, 0.25) is 0 Å². The van der Waals surface area contributed by atoms with Crippen molar-refractivity contribution < 1.29 is 18.7 Å². The van der Waals surface area contributed by atoms with Gasteiger partial charge >= 0.3 is 5.97 Å². The number of rotatable bonds is 3. The quantitative estimate of drug-likeness (QED) is 0.532. The van der Waals surface area contributed by atoms with Crippen molar-refractivity contribution in [2.24, 2.45) is 5.92 Å². The molecular formula is C21H19NO4. The fourth-order valence-electron chi connectivity index (χ4n) is 3.35. The summed E-state index contributed by atoms with van der Waals surface area (Å²) in [4.78, 5) is 26.7. The summed E-state index contributed by atoms with van der Waals surface area (Å²) >= 11 is 0. The van der Waals surface area contributed by atoms with Gasteiger partial charge in [-0.05, 0) is 41.8 Å². The van der Waals surface area contributed by atoms with Crippen molar-refractivity contribution in [1.29, 1.82) is 0 Å². The largest absolute Gasteiger partial charge is 0.472 e. The van der Waals surface area contributed by atoms with E-state index in [0.717, 1.165) is 23.6 Å². The Morgan fingerprint density at radius 1 is 1.08 bits per heavy atom. The summed E-state index contributed by atoms with van der Waals surface area (Å²) in [5.74, 6) is -0.176. The zero-order chi connectivity index (χ0) is 17.9. The molecule has 1 aromatic heterocycles. The number of benzene rings is 2. The zero-order valence-electron chi connectivity index (χ0n) is 14.3. The van der Waals surface area contributed by atoms with Gasteiger partial charge in [0.15, 0.2) is 0 Å². The Morgan fingerprint density at radius 3 is 2.73 bits per heavy atom. The summed E-state index contributed by atoms with van der Waals surface area (Å²) in [5.41, 5.74) is 0.508. The topological polar surface area (TPSA) is 59.8 Å². The highest BCUT2D eigenvalue weighted by Crippen LogP contribution is 2.24. The second-order valence-corrected chi connectivity index (χ2v) is 6.53. The molecule has 0 radical (unpaired) electrons. The van der Waals surface area contributed by atoms with Crippen LogP contribution in [0.1, 0.15) is 23.2 Å². The Hall–Kier alpha value is -3.08. The predicted octanol–water partition coefficient (Wildman–Crippen LogP) is 3.89. The van der Waals surface area contributed by atoms with Gasteiger partial charge in [0.05, 0.1) is 17.7 Å². The van der Waals surface area contributed by atoms with E-state index in [1.807, 2.05) is 36.4 Å². The molecule has 0 N–H and O–H groups in total. The zero-order valence-corrected chi connectivity index (χ0v) is 14.3. The molecule has 3 aromatic rings. The Kier molecular flexibility index (Phi) is 4.44. The van der Waals surface area contributed by atoms with Crippen LogP contribution in [-0.4, -0.2) is 29.9 Å². The molecule has 26 heavy (non-hydrogen) atoms. The third-order valence-electron chi connectivity index (χ3n) is 4.75. The summed E-state index contributed by atoms with van der Waals surface area (Å²) in [7, 11) is 0. The minimum absolute atomic E-state index is 0.109. The maximum Gasteiger partial charge on any atom is 0.316 e. The molecular weight excluding hydrogens is 330 g/mol. The van der Waals surface area contributed by atoms with Gasteiger partial charge in [-0.1, -0.05) is 30.3 Å². The molecule has 1 aliphatic rings. The molecule has 2 aromatic carbocycles. The molecule has 2 heterocycles. The molecule has 5 nitrogen and oxygen atoms in total. The van der Waals surface area contributed by atoms with E-state index in [9.17, 15) is 9.59 Å². The molecule has 0 aliphatic carbocycles. The van der Waals surface area contributed by atoms with Crippen LogP contribution in [0.3, 0.4) is 0 Å². The van der Waals surface area contributed by atoms with E-state index in [1.54, 1.807) is 17.0 Å². The molecule has 132 valence electrons. The molecule has 1 atom stereocenters. The summed E-state index contributed by atoms with van der Waals surface area (Å²) < 4.78 is 10.6. The lowest BCUT2D eigenvalue weighted by Crippen LogP contribution is -2.43. The van der Waals surface area contributed by atoms with Crippen LogP contribution < -0.4 is 4.74 Å². The highest BCUT2D eigenvalue weighted by molar-refractivity contribution is 5.94. The molecule has 1 saturated heterocycles. The maximum atomic E-state index is 12.6. The normalized spacial score (nSPS) is 17.2. The van der Waals surface area contributed by atoms with Gasteiger partial charge in [-0.25, -0.2) is 0 Å². The van der Waals surface area contributed by atoms with Crippen LogP contribution >= 0.6 is 0 Å². The summed E-state index contributed by atoms with van der Waals surface area (Å²) in [6, 6.07) is 15.2. The number of hydrogen-bond acceptors (Lipinski definition) is 4. The highest BCUT2D eigenvalue weighted by Gasteiger charge is 2.30. The lowest BCUT2D eigenvalue weighted by atomic mass is 9.97. The van der Waals surface area contributed by atoms with E-state index >= 15 is 0 Å². The van der Waals surface area contributed by atoms with Crippen LogP contribution in [0.15, 0.2) is 65.5 Å². The standard InChI is InChI=1S/C21H19NO4/c23-20(18-9-11-25-14-18)22-10-3-6-17(13-22)21(24)26-19-8-7-15-4-1-2-5-16(15)12-19/h1-2,4-5,7-9,11-12,14,17H,3,6,10,13H2/t17-/m1/s1. The second kappa shape index (κ2) is 7.04. The van der Waals surface area contributed by atoms with Crippen molar-refractivity contribution in [2.45, 2.75) is 12.8 Å². The average molecular weight is 349 g/mol. The minimum atomic E-state index is -0.314. The fraction of sp³-hybridized carbons (Fsp3) is 0.238. The molecule has 1 amide bonds. The molecule has 0 spiro atoms. The van der Waals surface area contributed by atoms with E-state index in [-0.39, 0.29) is 17.8 Å². The van der Waals surface area contributed by atoms with Crippen molar-refractivity contribution in [3.63, 3.8) is 0 Å². The first-order chi connectivity index (χ1) is 12.7. The average Bonchev–Trinajstić information content (AvgIpc) is 3.22. The lowest BCUT2D eigenvalue weighted by Gasteiger charge is -2.31. The van der Waals surface area contributed by atoms with Crippen LogP contribution in [0, 0.1) is 5.92 Å². The van der Waals surface area contributed by atoms with Gasteiger partial charge in [-0.15, -0.1) is 0 Å². The molecule has 1 aliphatic heterocycles. The van der Waals surface area contributed by atoms with Gasteiger partial charge in [0.25, 0.3) is 5.91 Å². The van der Waals surface area contributed by atoms with Crippen molar-refractivity contribution in [3.05, 3.63) is 66.6 Å². The minimum Gasteiger partial charge on any atom is -0.472 e. The molecule has 0 bridgehead atoms. The van der Waals surface area contributed by atoms with Gasteiger partial charge < -0.3 is 14.1 Å². The van der Waals surface area contributed by atoms with Crippen molar-refractivity contribution in [1.82, 2.24) is 4.90 Å². The third-order valence-corrected chi connectivity index (χ3v) is 4.75. The third kappa shape index (κ3) is 3.33. The number of piperidine rings is 1. The van der Waals surface area contributed by atoms with Crippen LogP contribution in [0.4, 0.5) is 0 Å². The Labute approximate surface area is 151 Å². The summed E-state index contributed by atoms with van der Waals surface area (Å²) in [5, 5.41) is 2.13. The highest BCUT2D eigenvalue weighted by atomic mass is 16.5. The molecule has 0 saturated carbocycles. The van der Waals surface area contributed by atoms with E-state index in [1.165, 1.54) is 12.5 Å².